The molecule has 1 aromatic heterocycles. The van der Waals surface area contributed by atoms with Gasteiger partial charge in [-0.2, -0.15) is 0 Å². The predicted octanol–water partition coefficient (Wildman–Crippen LogP) is 2.26. The van der Waals surface area contributed by atoms with Crippen molar-refractivity contribution in [2.75, 3.05) is 6.61 Å². The van der Waals surface area contributed by atoms with Gasteiger partial charge >= 0.3 is 0 Å². The lowest BCUT2D eigenvalue weighted by molar-refractivity contribution is 0.0941. The third-order valence-corrected chi connectivity index (χ3v) is 3.28. The summed E-state index contributed by atoms with van der Waals surface area (Å²) < 4.78 is 5.53. The minimum atomic E-state index is -0.357. The third-order valence-electron chi connectivity index (χ3n) is 3.28. The minimum Gasteiger partial charge on any atom is -0.504 e. The van der Waals surface area contributed by atoms with E-state index >= 15 is 0 Å². The molecule has 5 heteroatoms. The number of aromatic hydroxyl groups is 1. The van der Waals surface area contributed by atoms with Gasteiger partial charge in [0.15, 0.2) is 22.5 Å². The van der Waals surface area contributed by atoms with Crippen LogP contribution in [0, 0.1) is 5.92 Å². The molecule has 0 atom stereocenters. The first-order valence-corrected chi connectivity index (χ1v) is 6.89. The number of fused-ring (bicyclic) bond motifs is 1. The van der Waals surface area contributed by atoms with Crippen LogP contribution in [0.25, 0.3) is 11.0 Å². The van der Waals surface area contributed by atoms with Gasteiger partial charge in [-0.25, -0.2) is 0 Å². The van der Waals surface area contributed by atoms with Crippen LogP contribution in [0.3, 0.4) is 0 Å². The van der Waals surface area contributed by atoms with Gasteiger partial charge in [-0.3, -0.25) is 9.59 Å². The van der Waals surface area contributed by atoms with Gasteiger partial charge in [-0.05, 0) is 18.6 Å². The van der Waals surface area contributed by atoms with Crippen molar-refractivity contribution in [1.82, 2.24) is 0 Å². The average molecular weight is 290 g/mol. The first kappa shape index (κ1) is 15.3. The summed E-state index contributed by atoms with van der Waals surface area (Å²) in [6.45, 7) is 3.48. The van der Waals surface area contributed by atoms with Crippen molar-refractivity contribution in [3.63, 3.8) is 0 Å². The molecule has 0 radical (unpaired) electrons. The fraction of sp³-hybridized carbons (Fsp3) is 0.375. The fourth-order valence-corrected chi connectivity index (χ4v) is 2.19. The van der Waals surface area contributed by atoms with Crippen molar-refractivity contribution in [3.05, 3.63) is 39.7 Å². The number of hydrogen-bond donors (Lipinski definition) is 2. The van der Waals surface area contributed by atoms with Gasteiger partial charge in [-0.1, -0.05) is 13.8 Å². The first-order valence-electron chi connectivity index (χ1n) is 6.89. The molecule has 2 aromatic rings. The molecule has 2 rings (SSSR count). The molecule has 0 spiro atoms. The Labute approximate surface area is 121 Å². The number of phenolic OH excluding ortho intramolecular Hbond substituents is 1. The highest BCUT2D eigenvalue weighted by atomic mass is 16.4. The van der Waals surface area contributed by atoms with E-state index in [0.29, 0.717) is 18.6 Å². The Bertz CT molecular complexity index is 727. The van der Waals surface area contributed by atoms with Crippen molar-refractivity contribution < 1.29 is 19.4 Å². The number of Topliss-reactive ketones (excluding diaryl/α,β-unsaturated/α-hetero) is 1. The van der Waals surface area contributed by atoms with Gasteiger partial charge < -0.3 is 14.6 Å². The van der Waals surface area contributed by atoms with Crippen LogP contribution in [-0.4, -0.2) is 22.6 Å². The van der Waals surface area contributed by atoms with Crippen LogP contribution in [0.5, 0.6) is 5.75 Å². The van der Waals surface area contributed by atoms with Crippen molar-refractivity contribution in [3.8, 4) is 5.75 Å². The molecule has 0 bridgehead atoms. The Morgan fingerprint density at radius 2 is 2.05 bits per heavy atom. The third kappa shape index (κ3) is 2.97. The van der Waals surface area contributed by atoms with Gasteiger partial charge in [0.1, 0.15) is 5.76 Å². The fourth-order valence-electron chi connectivity index (χ4n) is 2.19. The Kier molecular flexibility index (Phi) is 4.43. The summed E-state index contributed by atoms with van der Waals surface area (Å²) in [5.41, 5.74) is -0.0636. The molecule has 0 aliphatic rings. The largest absolute Gasteiger partial charge is 0.504 e. The highest BCUT2D eigenvalue weighted by Crippen LogP contribution is 2.28. The molecule has 0 saturated heterocycles. The van der Waals surface area contributed by atoms with E-state index in [1.54, 1.807) is 13.8 Å². The maximum absolute atomic E-state index is 12.3. The smallest absolute Gasteiger partial charge is 0.193 e. The van der Waals surface area contributed by atoms with E-state index in [2.05, 4.69) is 0 Å². The Morgan fingerprint density at radius 3 is 2.67 bits per heavy atom. The quantitative estimate of drug-likeness (QED) is 0.825. The molecule has 112 valence electrons. The Balaban J connectivity index is 2.68. The van der Waals surface area contributed by atoms with Crippen molar-refractivity contribution in [2.45, 2.75) is 26.7 Å². The van der Waals surface area contributed by atoms with Crippen LogP contribution < -0.4 is 5.43 Å². The summed E-state index contributed by atoms with van der Waals surface area (Å²) in [5.74, 6) is -0.221. The Morgan fingerprint density at radius 1 is 1.33 bits per heavy atom. The number of aryl methyl sites for hydroxylation is 1. The number of carbonyl (C=O) groups is 1. The van der Waals surface area contributed by atoms with Crippen LogP contribution in [0.4, 0.5) is 0 Å². The van der Waals surface area contributed by atoms with E-state index in [-0.39, 0.29) is 46.0 Å². The Hall–Kier alpha value is -2.14. The summed E-state index contributed by atoms with van der Waals surface area (Å²) in [6, 6.07) is 4.12. The zero-order valence-corrected chi connectivity index (χ0v) is 12.0. The second kappa shape index (κ2) is 6.10. The zero-order valence-electron chi connectivity index (χ0n) is 12.0. The average Bonchev–Trinajstić information content (AvgIpc) is 2.45. The first-order chi connectivity index (χ1) is 9.95. The zero-order chi connectivity index (χ0) is 15.6. The van der Waals surface area contributed by atoms with Gasteiger partial charge in [0.2, 0.25) is 0 Å². The lowest BCUT2D eigenvalue weighted by atomic mass is 9.97. The molecule has 0 saturated carbocycles. The monoisotopic (exact) mass is 290 g/mol. The number of rotatable bonds is 5. The second-order valence-electron chi connectivity index (χ2n) is 5.26. The lowest BCUT2D eigenvalue weighted by Gasteiger charge is -2.09. The highest BCUT2D eigenvalue weighted by molar-refractivity contribution is 6.08. The van der Waals surface area contributed by atoms with E-state index in [1.165, 1.54) is 18.2 Å². The molecule has 1 aromatic carbocycles. The SMILES string of the molecule is CC(C)C(=O)c1ccc(O)c2oc(CCCO)cc(=O)c12. The summed E-state index contributed by atoms with van der Waals surface area (Å²) in [6.07, 6.45) is 0.850. The molecule has 0 fully saturated rings. The second-order valence-corrected chi connectivity index (χ2v) is 5.26. The van der Waals surface area contributed by atoms with Crippen molar-refractivity contribution in [2.24, 2.45) is 5.92 Å². The number of hydrogen-bond acceptors (Lipinski definition) is 5. The molecule has 1 heterocycles. The van der Waals surface area contributed by atoms with E-state index in [9.17, 15) is 14.7 Å². The van der Waals surface area contributed by atoms with E-state index < -0.39 is 0 Å². The van der Waals surface area contributed by atoms with E-state index in [0.717, 1.165) is 0 Å². The predicted molar refractivity (Wildman–Crippen MR) is 78.7 cm³/mol. The summed E-state index contributed by atoms with van der Waals surface area (Å²) >= 11 is 0. The van der Waals surface area contributed by atoms with Crippen molar-refractivity contribution in [1.29, 1.82) is 0 Å². The highest BCUT2D eigenvalue weighted by Gasteiger charge is 2.19. The lowest BCUT2D eigenvalue weighted by Crippen LogP contribution is -2.13. The molecule has 2 N–H and O–H groups in total. The molecule has 0 aliphatic carbocycles. The van der Waals surface area contributed by atoms with Gasteiger partial charge in [0, 0.05) is 30.6 Å². The minimum absolute atomic E-state index is 0.0143. The van der Waals surface area contributed by atoms with Gasteiger partial charge in [-0.15, -0.1) is 0 Å². The van der Waals surface area contributed by atoms with E-state index in [4.69, 9.17) is 9.52 Å². The van der Waals surface area contributed by atoms with Gasteiger partial charge in [0.05, 0.1) is 5.39 Å². The van der Waals surface area contributed by atoms with Crippen molar-refractivity contribution >= 4 is 16.8 Å². The number of aliphatic hydroxyl groups excluding tert-OH is 1. The molecule has 21 heavy (non-hydrogen) atoms. The normalized spacial score (nSPS) is 11.2. The maximum atomic E-state index is 12.3. The molecule has 0 amide bonds. The van der Waals surface area contributed by atoms with Crippen LogP contribution in [-0.2, 0) is 6.42 Å². The number of benzene rings is 1. The molecular formula is C16H18O5. The van der Waals surface area contributed by atoms with Crippen LogP contribution in [0.15, 0.2) is 27.4 Å². The van der Waals surface area contributed by atoms with E-state index in [1.807, 2.05) is 0 Å². The molecule has 0 unspecified atom stereocenters. The number of ketones is 1. The van der Waals surface area contributed by atoms with Crippen LogP contribution >= 0.6 is 0 Å². The topological polar surface area (TPSA) is 87.7 Å². The summed E-state index contributed by atoms with van der Waals surface area (Å²) in [4.78, 5) is 24.5. The maximum Gasteiger partial charge on any atom is 0.193 e. The molecule has 5 nitrogen and oxygen atoms in total. The molecular weight excluding hydrogens is 272 g/mol. The summed E-state index contributed by atoms with van der Waals surface area (Å²) in [5, 5.41) is 18.8. The number of aliphatic hydroxyl groups is 1. The van der Waals surface area contributed by atoms with Crippen LogP contribution in [0.1, 0.15) is 36.4 Å². The number of phenols is 1. The van der Waals surface area contributed by atoms with Crippen LogP contribution in [0.2, 0.25) is 0 Å². The number of carbonyl (C=O) groups excluding carboxylic acids is 1. The summed E-state index contributed by atoms with van der Waals surface area (Å²) in [7, 11) is 0. The standard InChI is InChI=1S/C16H18O5/c1-9(2)15(20)11-5-6-12(18)16-14(11)13(19)8-10(21-16)4-3-7-17/h5-6,8-9,17-18H,3-4,7H2,1-2H3. The molecule has 0 aliphatic heterocycles. The van der Waals surface area contributed by atoms with Gasteiger partial charge in [0.25, 0.3) is 0 Å².